The molecule has 2 aromatic heterocycles. The molecule has 2 heterocycles. The van der Waals surface area contributed by atoms with E-state index in [1.165, 1.54) is 5.56 Å². The van der Waals surface area contributed by atoms with Gasteiger partial charge in [0.05, 0.1) is 11.2 Å². The molecule has 4 rings (SSSR count). The number of fused-ring (bicyclic) bond motifs is 1. The fourth-order valence-corrected chi connectivity index (χ4v) is 3.22. The molecule has 0 aliphatic heterocycles. The van der Waals surface area contributed by atoms with Gasteiger partial charge in [-0.3, -0.25) is 0 Å². The highest BCUT2D eigenvalue weighted by molar-refractivity contribution is 5.78. The standard InChI is InChI=1S/C22H23N5O/c1-16(22-24-26-27-25-22)5-4-6-17-9-13-20(14-10-17)28-15-19-12-11-18-7-2-3-8-21(18)23-19/h2-3,7-14,16H,4-6,15H2,1H3,(H,24,25,26,27). The average Bonchev–Trinajstić information content (AvgIpc) is 3.28. The molecule has 0 aliphatic carbocycles. The van der Waals surface area contributed by atoms with Crippen molar-refractivity contribution in [3.63, 3.8) is 0 Å². The molecular weight excluding hydrogens is 350 g/mol. The van der Waals surface area contributed by atoms with Crippen molar-refractivity contribution in [2.24, 2.45) is 0 Å². The molecule has 2 aromatic carbocycles. The number of para-hydroxylation sites is 1. The Morgan fingerprint density at radius 3 is 2.68 bits per heavy atom. The lowest BCUT2D eigenvalue weighted by Gasteiger charge is -2.09. The van der Waals surface area contributed by atoms with Gasteiger partial charge in [-0.25, -0.2) is 10.1 Å². The van der Waals surface area contributed by atoms with Crippen LogP contribution in [-0.2, 0) is 13.0 Å². The Bertz CT molecular complexity index is 1010. The molecule has 1 N–H and O–H groups in total. The predicted molar refractivity (Wildman–Crippen MR) is 108 cm³/mol. The minimum atomic E-state index is 0.340. The van der Waals surface area contributed by atoms with Gasteiger partial charge in [0.1, 0.15) is 12.4 Å². The number of hydrogen-bond acceptors (Lipinski definition) is 5. The first-order valence-electron chi connectivity index (χ1n) is 9.58. The number of aryl methyl sites for hydroxylation is 1. The van der Waals surface area contributed by atoms with E-state index < -0.39 is 0 Å². The summed E-state index contributed by atoms with van der Waals surface area (Å²) in [4.78, 5) is 4.64. The lowest BCUT2D eigenvalue weighted by molar-refractivity contribution is 0.301. The minimum absolute atomic E-state index is 0.340. The van der Waals surface area contributed by atoms with E-state index in [9.17, 15) is 0 Å². The van der Waals surface area contributed by atoms with E-state index in [2.05, 4.69) is 56.8 Å². The minimum Gasteiger partial charge on any atom is -0.487 e. The summed E-state index contributed by atoms with van der Waals surface area (Å²) in [7, 11) is 0. The van der Waals surface area contributed by atoms with Gasteiger partial charge in [-0.05, 0) is 59.5 Å². The molecule has 6 nitrogen and oxygen atoms in total. The van der Waals surface area contributed by atoms with Crippen LogP contribution in [0.1, 0.15) is 42.8 Å². The summed E-state index contributed by atoms with van der Waals surface area (Å²) in [6.45, 7) is 2.60. The van der Waals surface area contributed by atoms with Crippen LogP contribution in [0.4, 0.5) is 0 Å². The molecule has 4 aromatic rings. The first kappa shape index (κ1) is 18.1. The van der Waals surface area contributed by atoms with Gasteiger partial charge in [0, 0.05) is 11.3 Å². The third kappa shape index (κ3) is 4.52. The van der Waals surface area contributed by atoms with Gasteiger partial charge < -0.3 is 4.74 Å². The summed E-state index contributed by atoms with van der Waals surface area (Å²) in [5, 5.41) is 15.2. The molecule has 0 amide bonds. The SMILES string of the molecule is CC(CCCc1ccc(OCc2ccc3ccccc3n2)cc1)c1nnn[nH]1. The number of aromatic nitrogens is 5. The van der Waals surface area contributed by atoms with Crippen LogP contribution < -0.4 is 4.74 Å². The number of pyridine rings is 1. The second-order valence-corrected chi connectivity index (χ2v) is 7.01. The predicted octanol–water partition coefficient (Wildman–Crippen LogP) is 4.45. The summed E-state index contributed by atoms with van der Waals surface area (Å²) in [5.41, 5.74) is 3.23. The van der Waals surface area contributed by atoms with Crippen LogP contribution in [0.5, 0.6) is 5.75 Å². The van der Waals surface area contributed by atoms with Crippen molar-refractivity contribution in [3.05, 3.63) is 77.7 Å². The molecule has 0 saturated carbocycles. The van der Waals surface area contributed by atoms with Crippen LogP contribution >= 0.6 is 0 Å². The number of nitrogens with one attached hydrogen (secondary N) is 1. The number of ether oxygens (including phenoxy) is 1. The second-order valence-electron chi connectivity index (χ2n) is 7.01. The molecule has 0 bridgehead atoms. The zero-order valence-electron chi connectivity index (χ0n) is 15.9. The molecule has 28 heavy (non-hydrogen) atoms. The highest BCUT2D eigenvalue weighted by atomic mass is 16.5. The average molecular weight is 373 g/mol. The Morgan fingerprint density at radius 2 is 1.86 bits per heavy atom. The normalized spacial score (nSPS) is 12.2. The van der Waals surface area contributed by atoms with E-state index in [0.717, 1.165) is 47.4 Å². The lowest BCUT2D eigenvalue weighted by Crippen LogP contribution is -1.99. The maximum atomic E-state index is 5.90. The largest absolute Gasteiger partial charge is 0.487 e. The van der Waals surface area contributed by atoms with E-state index in [1.807, 2.05) is 36.4 Å². The number of benzene rings is 2. The van der Waals surface area contributed by atoms with Crippen LogP contribution in [0.15, 0.2) is 60.7 Å². The topological polar surface area (TPSA) is 76.6 Å². The van der Waals surface area contributed by atoms with Crippen molar-refractivity contribution in [3.8, 4) is 5.75 Å². The molecule has 0 radical (unpaired) electrons. The van der Waals surface area contributed by atoms with Gasteiger partial charge in [0.15, 0.2) is 5.82 Å². The number of H-pyrrole nitrogens is 1. The van der Waals surface area contributed by atoms with Gasteiger partial charge in [-0.15, -0.1) is 5.10 Å². The fourth-order valence-electron chi connectivity index (χ4n) is 3.22. The van der Waals surface area contributed by atoms with Crippen LogP contribution in [0.25, 0.3) is 10.9 Å². The molecule has 142 valence electrons. The number of tetrazole rings is 1. The van der Waals surface area contributed by atoms with Crippen LogP contribution in [0, 0.1) is 0 Å². The maximum Gasteiger partial charge on any atom is 0.151 e. The summed E-state index contributed by atoms with van der Waals surface area (Å²) < 4.78 is 5.90. The number of nitrogens with zero attached hydrogens (tertiary/aromatic N) is 4. The molecular formula is C22H23N5O. The quantitative estimate of drug-likeness (QED) is 0.494. The fraction of sp³-hybridized carbons (Fsp3) is 0.273. The van der Waals surface area contributed by atoms with Crippen LogP contribution in [0.3, 0.4) is 0 Å². The summed E-state index contributed by atoms with van der Waals surface area (Å²) in [6, 6.07) is 20.5. The van der Waals surface area contributed by atoms with Crippen molar-refractivity contribution >= 4 is 10.9 Å². The van der Waals surface area contributed by atoms with E-state index in [-0.39, 0.29) is 0 Å². The van der Waals surface area contributed by atoms with E-state index in [0.29, 0.717) is 12.5 Å². The molecule has 1 atom stereocenters. The van der Waals surface area contributed by atoms with Crippen LogP contribution in [0.2, 0.25) is 0 Å². The van der Waals surface area contributed by atoms with Crippen molar-refractivity contribution < 1.29 is 4.74 Å². The summed E-state index contributed by atoms with van der Waals surface area (Å²) >= 11 is 0. The summed E-state index contributed by atoms with van der Waals surface area (Å²) in [5.74, 6) is 2.05. The van der Waals surface area contributed by atoms with E-state index in [4.69, 9.17) is 4.74 Å². The van der Waals surface area contributed by atoms with Crippen molar-refractivity contribution in [1.82, 2.24) is 25.6 Å². The molecule has 0 saturated heterocycles. The van der Waals surface area contributed by atoms with Gasteiger partial charge in [0.2, 0.25) is 0 Å². The van der Waals surface area contributed by atoms with Crippen molar-refractivity contribution in [2.45, 2.75) is 38.7 Å². The number of hydrogen-bond donors (Lipinski definition) is 1. The lowest BCUT2D eigenvalue weighted by atomic mass is 10.0. The summed E-state index contributed by atoms with van der Waals surface area (Å²) in [6.07, 6.45) is 3.16. The zero-order chi connectivity index (χ0) is 19.2. The highest BCUT2D eigenvalue weighted by Crippen LogP contribution is 2.20. The second kappa shape index (κ2) is 8.61. The third-order valence-electron chi connectivity index (χ3n) is 4.90. The monoisotopic (exact) mass is 373 g/mol. The van der Waals surface area contributed by atoms with E-state index in [1.54, 1.807) is 0 Å². The molecule has 0 spiro atoms. The van der Waals surface area contributed by atoms with Gasteiger partial charge in [-0.2, -0.15) is 0 Å². The Hall–Kier alpha value is -3.28. The van der Waals surface area contributed by atoms with Gasteiger partial charge >= 0.3 is 0 Å². The highest BCUT2D eigenvalue weighted by Gasteiger charge is 2.09. The Labute approximate surface area is 164 Å². The third-order valence-corrected chi connectivity index (χ3v) is 4.90. The number of rotatable bonds is 8. The molecule has 6 heteroatoms. The van der Waals surface area contributed by atoms with Crippen molar-refractivity contribution in [2.75, 3.05) is 0 Å². The molecule has 0 fully saturated rings. The first-order chi connectivity index (χ1) is 13.8. The Kier molecular flexibility index (Phi) is 5.56. The first-order valence-corrected chi connectivity index (χ1v) is 9.58. The maximum absolute atomic E-state index is 5.90. The molecule has 0 aliphatic rings. The number of aromatic amines is 1. The van der Waals surface area contributed by atoms with Gasteiger partial charge in [-0.1, -0.05) is 43.3 Å². The van der Waals surface area contributed by atoms with Crippen LogP contribution in [-0.4, -0.2) is 25.6 Å². The molecule has 1 unspecified atom stereocenters. The zero-order valence-corrected chi connectivity index (χ0v) is 15.9. The van der Waals surface area contributed by atoms with E-state index >= 15 is 0 Å². The Morgan fingerprint density at radius 1 is 1.00 bits per heavy atom. The van der Waals surface area contributed by atoms with Gasteiger partial charge in [0.25, 0.3) is 0 Å². The smallest absolute Gasteiger partial charge is 0.151 e. The Balaban J connectivity index is 1.27. The van der Waals surface area contributed by atoms with Crippen molar-refractivity contribution in [1.29, 1.82) is 0 Å².